The number of sulfone groups is 1. The molecule has 3 aromatic rings. The number of nitrogens with zero attached hydrogens (tertiary/aromatic N) is 1. The van der Waals surface area contributed by atoms with Crippen LogP contribution in [-0.2, 0) is 9.84 Å². The SMILES string of the molecule is C.CSc1sc(C(=N)N)cc1S(=O)(=O)c1cccc(-c2cccnc2Cl)c1. The van der Waals surface area contributed by atoms with Crippen molar-refractivity contribution in [2.24, 2.45) is 5.73 Å². The van der Waals surface area contributed by atoms with Crippen LogP contribution in [0.5, 0.6) is 0 Å². The first-order valence-corrected chi connectivity index (χ1v) is 11.2. The molecule has 2 aromatic heterocycles. The van der Waals surface area contributed by atoms with Gasteiger partial charge >= 0.3 is 0 Å². The molecule has 0 bridgehead atoms. The predicted molar refractivity (Wildman–Crippen MR) is 114 cm³/mol. The summed E-state index contributed by atoms with van der Waals surface area (Å²) in [6.07, 6.45) is 3.37. The molecule has 0 saturated carbocycles. The summed E-state index contributed by atoms with van der Waals surface area (Å²) in [6, 6.07) is 11.6. The fourth-order valence-electron chi connectivity index (χ4n) is 2.38. The number of aromatic nitrogens is 1. The zero-order valence-electron chi connectivity index (χ0n) is 13.6. The lowest BCUT2D eigenvalue weighted by Crippen LogP contribution is -2.08. The van der Waals surface area contributed by atoms with Crippen LogP contribution in [0, 0.1) is 5.41 Å². The highest BCUT2D eigenvalue weighted by atomic mass is 35.5. The fourth-order valence-corrected chi connectivity index (χ4v) is 6.51. The van der Waals surface area contributed by atoms with Gasteiger partial charge in [-0.3, -0.25) is 5.41 Å². The van der Waals surface area contributed by atoms with Crippen LogP contribution < -0.4 is 5.73 Å². The van der Waals surface area contributed by atoms with E-state index in [9.17, 15) is 8.42 Å². The van der Waals surface area contributed by atoms with Crippen molar-refractivity contribution >= 4 is 50.4 Å². The first-order valence-electron chi connectivity index (χ1n) is 7.33. The van der Waals surface area contributed by atoms with Crippen LogP contribution in [0.2, 0.25) is 5.15 Å². The number of benzene rings is 1. The molecule has 0 saturated heterocycles. The smallest absolute Gasteiger partial charge is 0.208 e. The molecule has 0 spiro atoms. The first kappa shape index (κ1) is 21.4. The second-order valence-electron chi connectivity index (χ2n) is 5.25. The maximum absolute atomic E-state index is 13.2. The highest BCUT2D eigenvalue weighted by Gasteiger charge is 2.25. The molecule has 0 atom stereocenters. The molecule has 142 valence electrons. The van der Waals surface area contributed by atoms with E-state index in [2.05, 4.69) is 4.98 Å². The summed E-state index contributed by atoms with van der Waals surface area (Å²) in [5, 5.41) is 7.87. The van der Waals surface area contributed by atoms with Crippen LogP contribution in [0.25, 0.3) is 11.1 Å². The number of thioether (sulfide) groups is 1. The average Bonchev–Trinajstić information content (AvgIpc) is 3.08. The first-order chi connectivity index (χ1) is 12.3. The number of amidine groups is 1. The minimum absolute atomic E-state index is 0. The van der Waals surface area contributed by atoms with Crippen molar-refractivity contribution in [3.63, 3.8) is 0 Å². The van der Waals surface area contributed by atoms with E-state index in [-0.39, 0.29) is 23.1 Å². The van der Waals surface area contributed by atoms with Gasteiger partial charge in [0.05, 0.1) is 18.9 Å². The average molecular weight is 440 g/mol. The fraction of sp³-hybridized carbons (Fsp3) is 0.111. The molecule has 0 radical (unpaired) electrons. The number of hydrogen-bond acceptors (Lipinski definition) is 6. The van der Waals surface area contributed by atoms with Gasteiger partial charge in [0.1, 0.15) is 11.0 Å². The summed E-state index contributed by atoms with van der Waals surface area (Å²) < 4.78 is 26.9. The lowest BCUT2D eigenvalue weighted by atomic mass is 10.1. The number of halogens is 1. The van der Waals surface area contributed by atoms with E-state index in [4.69, 9.17) is 22.7 Å². The lowest BCUT2D eigenvalue weighted by molar-refractivity contribution is 0.595. The summed E-state index contributed by atoms with van der Waals surface area (Å²) in [6.45, 7) is 0. The minimum Gasteiger partial charge on any atom is -0.383 e. The van der Waals surface area contributed by atoms with E-state index in [0.717, 1.165) is 0 Å². The Morgan fingerprint density at radius 2 is 2.00 bits per heavy atom. The van der Waals surface area contributed by atoms with Gasteiger partial charge in [0.2, 0.25) is 9.84 Å². The number of thiophene rings is 1. The highest BCUT2D eigenvalue weighted by molar-refractivity contribution is 8.01. The van der Waals surface area contributed by atoms with Crippen molar-refractivity contribution in [3.05, 3.63) is 58.7 Å². The normalized spacial score (nSPS) is 11.0. The summed E-state index contributed by atoms with van der Waals surface area (Å²) >= 11 is 8.64. The minimum atomic E-state index is -3.76. The Labute approximate surface area is 172 Å². The van der Waals surface area contributed by atoms with Gasteiger partial charge in [-0.1, -0.05) is 31.2 Å². The van der Waals surface area contributed by atoms with E-state index in [0.29, 0.717) is 25.4 Å². The molecule has 3 N–H and O–H groups in total. The number of nitrogens with one attached hydrogen (secondary N) is 1. The van der Waals surface area contributed by atoms with Crippen molar-refractivity contribution in [3.8, 4) is 11.1 Å². The zero-order chi connectivity index (χ0) is 18.9. The van der Waals surface area contributed by atoms with E-state index in [1.165, 1.54) is 29.2 Å². The molecule has 27 heavy (non-hydrogen) atoms. The van der Waals surface area contributed by atoms with Gasteiger partial charge in [-0.25, -0.2) is 13.4 Å². The van der Waals surface area contributed by atoms with Crippen LogP contribution in [0.3, 0.4) is 0 Å². The molecule has 3 rings (SSSR count). The number of hydrogen-bond donors (Lipinski definition) is 2. The molecule has 1 aromatic carbocycles. The maximum atomic E-state index is 13.2. The van der Waals surface area contributed by atoms with Crippen LogP contribution in [0.15, 0.2) is 62.7 Å². The Hall–Kier alpha value is -1.87. The molecule has 0 fully saturated rings. The monoisotopic (exact) mass is 439 g/mol. The van der Waals surface area contributed by atoms with Gasteiger partial charge < -0.3 is 5.73 Å². The molecular formula is C18H18ClN3O2S3. The Kier molecular flexibility index (Phi) is 6.69. The Bertz CT molecular complexity index is 1090. The zero-order valence-corrected chi connectivity index (χ0v) is 16.8. The lowest BCUT2D eigenvalue weighted by Gasteiger charge is -2.08. The van der Waals surface area contributed by atoms with Gasteiger partial charge in [0.25, 0.3) is 0 Å². The predicted octanol–water partition coefficient (Wildman–Crippen LogP) is 4.94. The van der Waals surface area contributed by atoms with Gasteiger partial charge in [-0.2, -0.15) is 0 Å². The molecule has 0 aliphatic carbocycles. The van der Waals surface area contributed by atoms with Crippen molar-refractivity contribution < 1.29 is 8.42 Å². The van der Waals surface area contributed by atoms with Crippen molar-refractivity contribution in [2.75, 3.05) is 6.26 Å². The Balaban J connectivity index is 0.00000261. The van der Waals surface area contributed by atoms with Crippen LogP contribution in [0.4, 0.5) is 0 Å². The third-order valence-electron chi connectivity index (χ3n) is 3.62. The van der Waals surface area contributed by atoms with E-state index >= 15 is 0 Å². The molecular weight excluding hydrogens is 422 g/mol. The topological polar surface area (TPSA) is 96.9 Å². The van der Waals surface area contributed by atoms with E-state index in [1.807, 2.05) is 0 Å². The highest BCUT2D eigenvalue weighted by Crippen LogP contribution is 2.37. The number of pyridine rings is 1. The van der Waals surface area contributed by atoms with Crippen LogP contribution in [-0.4, -0.2) is 25.5 Å². The third kappa shape index (κ3) is 4.19. The van der Waals surface area contributed by atoms with Gasteiger partial charge in [0, 0.05) is 11.8 Å². The van der Waals surface area contributed by atoms with E-state index < -0.39 is 9.84 Å². The van der Waals surface area contributed by atoms with Crippen molar-refractivity contribution in [1.29, 1.82) is 5.41 Å². The summed E-state index contributed by atoms with van der Waals surface area (Å²) in [7, 11) is -3.76. The number of nitrogens with two attached hydrogens (primary N) is 1. The van der Waals surface area contributed by atoms with Crippen LogP contribution >= 0.6 is 34.7 Å². The molecule has 0 amide bonds. The number of rotatable bonds is 5. The van der Waals surface area contributed by atoms with Gasteiger partial charge in [-0.05, 0) is 42.2 Å². The maximum Gasteiger partial charge on any atom is 0.208 e. The summed E-state index contributed by atoms with van der Waals surface area (Å²) in [4.78, 5) is 4.78. The summed E-state index contributed by atoms with van der Waals surface area (Å²) in [5.74, 6) is -0.150. The van der Waals surface area contributed by atoms with Crippen molar-refractivity contribution in [1.82, 2.24) is 4.98 Å². The van der Waals surface area contributed by atoms with Gasteiger partial charge in [0.15, 0.2) is 0 Å². The Morgan fingerprint density at radius 1 is 1.26 bits per heavy atom. The quantitative estimate of drug-likeness (QED) is 0.254. The third-order valence-corrected chi connectivity index (χ3v) is 8.26. The number of nitrogen functional groups attached to an aromatic ring is 1. The molecule has 9 heteroatoms. The standard InChI is InChI=1S/C17H14ClN3O2S3.CH4/c1-24-17-14(9-13(25-17)16(19)20)26(22,23)11-5-2-4-10(8-11)12-6-3-7-21-15(12)18;/h2-9H,1H3,(H3,19,20);1H4. The molecule has 0 aliphatic rings. The van der Waals surface area contributed by atoms with Gasteiger partial charge in [-0.15, -0.1) is 23.1 Å². The van der Waals surface area contributed by atoms with Crippen molar-refractivity contribution in [2.45, 2.75) is 21.4 Å². The van der Waals surface area contributed by atoms with E-state index in [1.54, 1.807) is 48.9 Å². The molecule has 5 nitrogen and oxygen atoms in total. The molecule has 0 aliphatic heterocycles. The summed E-state index contributed by atoms with van der Waals surface area (Å²) in [5.41, 5.74) is 6.84. The molecule has 0 unspecified atom stereocenters. The Morgan fingerprint density at radius 3 is 2.63 bits per heavy atom. The second-order valence-corrected chi connectivity index (χ2v) is 9.66. The molecule has 2 heterocycles. The largest absolute Gasteiger partial charge is 0.383 e. The van der Waals surface area contributed by atoms with Crippen LogP contribution in [0.1, 0.15) is 12.3 Å². The second kappa shape index (κ2) is 8.43.